The molecule has 15 heavy (non-hydrogen) atoms. The number of alkyl carbamates (subject to hydrolysis) is 1. The molecule has 0 spiro atoms. The first kappa shape index (κ1) is 14.3. The zero-order chi connectivity index (χ0) is 11.9. The van der Waals surface area contributed by atoms with E-state index in [4.69, 9.17) is 4.74 Å². The number of halogens is 1. The molecular formula is C8H15FNO4P. The number of carbonyl (C=O) groups excluding carboxylic acids is 1. The zero-order valence-electron chi connectivity index (χ0n) is 8.95. The Labute approximate surface area is 89.6 Å². The van der Waals surface area contributed by atoms with Crippen molar-refractivity contribution in [3.05, 3.63) is 0 Å². The van der Waals surface area contributed by atoms with Gasteiger partial charge in [-0.25, -0.2) is 13.8 Å². The van der Waals surface area contributed by atoms with Crippen LogP contribution in [0.1, 0.15) is 20.8 Å². The molecule has 0 aromatic carbocycles. The molecule has 0 aliphatic heterocycles. The van der Waals surface area contributed by atoms with Crippen molar-refractivity contribution in [1.29, 1.82) is 0 Å². The number of alkyl halides is 1. The van der Waals surface area contributed by atoms with E-state index < -0.39 is 26.6 Å². The lowest BCUT2D eigenvalue weighted by atomic mass is 10.2. The summed E-state index contributed by atoms with van der Waals surface area (Å²) in [6, 6.07) is 0. The fourth-order valence-corrected chi connectivity index (χ4v) is 0.901. The second-order valence-corrected chi connectivity index (χ2v) is 4.26. The summed E-state index contributed by atoms with van der Waals surface area (Å²) in [4.78, 5) is 11.0. The highest BCUT2D eigenvalue weighted by Gasteiger charge is 2.17. The van der Waals surface area contributed by atoms with Gasteiger partial charge in [-0.15, -0.1) is 0 Å². The lowest BCUT2D eigenvalue weighted by Gasteiger charge is -2.20. The van der Waals surface area contributed by atoms with Gasteiger partial charge in [-0.05, 0) is 20.8 Å². The highest BCUT2D eigenvalue weighted by atomic mass is 31.1. The molecule has 0 rings (SSSR count). The van der Waals surface area contributed by atoms with E-state index in [1.54, 1.807) is 20.8 Å². The summed E-state index contributed by atoms with van der Waals surface area (Å²) in [7, 11) is -0.576. The molecule has 1 amide bonds. The first-order chi connectivity index (χ1) is 6.85. The van der Waals surface area contributed by atoms with Crippen molar-refractivity contribution in [3.63, 3.8) is 0 Å². The van der Waals surface area contributed by atoms with Crippen molar-refractivity contribution < 1.29 is 23.0 Å². The van der Waals surface area contributed by atoms with Gasteiger partial charge < -0.3 is 10.1 Å². The molecule has 5 nitrogen and oxygen atoms in total. The van der Waals surface area contributed by atoms with Gasteiger partial charge in [0.2, 0.25) is 0 Å². The predicted octanol–water partition coefficient (Wildman–Crippen LogP) is 2.07. The van der Waals surface area contributed by atoms with Crippen LogP contribution >= 0.6 is 8.69 Å². The van der Waals surface area contributed by atoms with E-state index in [0.717, 1.165) is 0 Å². The smallest absolute Gasteiger partial charge is 0.407 e. The monoisotopic (exact) mass is 239 g/mol. The molecule has 0 aliphatic carbocycles. The van der Waals surface area contributed by atoms with Gasteiger partial charge in [0.05, 0.1) is 13.2 Å². The fourth-order valence-electron chi connectivity index (χ4n) is 0.678. The Morgan fingerprint density at radius 3 is 2.60 bits per heavy atom. The summed E-state index contributed by atoms with van der Waals surface area (Å²) >= 11 is 0. The maximum absolute atomic E-state index is 12.8. The molecule has 0 aromatic heterocycles. The van der Waals surface area contributed by atoms with Crippen molar-refractivity contribution in [3.8, 4) is 0 Å². The number of nitrogens with one attached hydrogen (secondary N) is 1. The lowest BCUT2D eigenvalue weighted by molar-refractivity contribution is 0.0507. The van der Waals surface area contributed by atoms with E-state index >= 15 is 0 Å². The van der Waals surface area contributed by atoms with Crippen LogP contribution in [-0.4, -0.2) is 31.0 Å². The Morgan fingerprint density at radius 1 is 1.53 bits per heavy atom. The van der Waals surface area contributed by atoms with E-state index in [1.165, 1.54) is 0 Å². The van der Waals surface area contributed by atoms with E-state index in [1.807, 2.05) is 0 Å². The van der Waals surface area contributed by atoms with Crippen LogP contribution in [0, 0.1) is 0 Å². The molecule has 0 heterocycles. The first-order valence-corrected chi connectivity index (χ1v) is 5.13. The minimum atomic E-state index is -1.40. The lowest BCUT2D eigenvalue weighted by Crippen LogP contribution is -2.36. The van der Waals surface area contributed by atoms with E-state index in [-0.39, 0.29) is 13.2 Å². The number of hydrogen-bond donors (Lipinski definition) is 1. The molecule has 1 atom stereocenters. The Kier molecular flexibility index (Phi) is 6.36. The molecule has 7 heteroatoms. The van der Waals surface area contributed by atoms with Crippen LogP contribution in [0.2, 0.25) is 0 Å². The quantitative estimate of drug-likeness (QED) is 0.746. The van der Waals surface area contributed by atoms with Crippen LogP contribution < -0.4 is 5.32 Å². The van der Waals surface area contributed by atoms with Crippen LogP contribution in [0.25, 0.3) is 0 Å². The van der Waals surface area contributed by atoms with Crippen LogP contribution in [0.3, 0.4) is 0 Å². The molecule has 0 bridgehead atoms. The number of carbonyl (C=O) groups is 1. The molecule has 1 N–H and O–H groups in total. The number of rotatable bonds is 5. The largest absolute Gasteiger partial charge is 0.444 e. The fraction of sp³-hybridized carbons (Fsp3) is 0.875. The Balaban J connectivity index is 3.66. The van der Waals surface area contributed by atoms with Gasteiger partial charge in [-0.2, -0.15) is 0 Å². The molecule has 0 aromatic rings. The summed E-state index contributed by atoms with van der Waals surface area (Å²) in [6.07, 6.45) is -2.09. The van der Waals surface area contributed by atoms with Gasteiger partial charge >= 0.3 is 14.8 Å². The van der Waals surface area contributed by atoms with Gasteiger partial charge in [0, 0.05) is 0 Å². The Hall–Kier alpha value is -0.740. The third-order valence-electron chi connectivity index (χ3n) is 1.17. The maximum atomic E-state index is 12.8. The van der Waals surface area contributed by atoms with Crippen LogP contribution in [0.4, 0.5) is 9.18 Å². The topological polar surface area (TPSA) is 64.6 Å². The van der Waals surface area contributed by atoms with Crippen LogP contribution in [0.5, 0.6) is 0 Å². The maximum Gasteiger partial charge on any atom is 0.407 e. The van der Waals surface area contributed by atoms with Crippen molar-refractivity contribution in [2.24, 2.45) is 0 Å². The molecule has 1 unspecified atom stereocenters. The second kappa shape index (κ2) is 6.69. The van der Waals surface area contributed by atoms with E-state index in [2.05, 4.69) is 9.84 Å². The minimum Gasteiger partial charge on any atom is -0.444 e. The highest BCUT2D eigenvalue weighted by molar-refractivity contribution is 7.17. The van der Waals surface area contributed by atoms with Crippen molar-refractivity contribution in [2.75, 3.05) is 13.2 Å². The number of amides is 1. The standard InChI is InChI=1S/C8H15FNO4P/c1-8(2,3)14-7(11)10-4-6(9)5-13-15-12/h6H,4-5H2,1-3H3,(H,10,11). The summed E-state index contributed by atoms with van der Waals surface area (Å²) < 4.78 is 31.8. The van der Waals surface area contributed by atoms with Gasteiger partial charge in [-0.1, -0.05) is 0 Å². The van der Waals surface area contributed by atoms with Gasteiger partial charge in [0.1, 0.15) is 11.8 Å². The summed E-state index contributed by atoms with van der Waals surface area (Å²) in [6.45, 7) is 4.56. The number of ether oxygens (including phenoxy) is 1. The van der Waals surface area contributed by atoms with Gasteiger partial charge in [0.25, 0.3) is 0 Å². The average Bonchev–Trinajstić information content (AvgIpc) is 2.08. The summed E-state index contributed by atoms with van der Waals surface area (Å²) in [5.74, 6) is 0. The van der Waals surface area contributed by atoms with Crippen LogP contribution in [-0.2, 0) is 13.8 Å². The second-order valence-electron chi connectivity index (χ2n) is 3.85. The van der Waals surface area contributed by atoms with Crippen molar-refractivity contribution in [2.45, 2.75) is 32.5 Å². The summed E-state index contributed by atoms with van der Waals surface area (Å²) in [5.41, 5.74) is -0.611. The third kappa shape index (κ3) is 9.56. The average molecular weight is 239 g/mol. The zero-order valence-corrected chi connectivity index (χ0v) is 9.84. The Morgan fingerprint density at radius 2 is 2.13 bits per heavy atom. The first-order valence-electron chi connectivity index (χ1n) is 4.40. The third-order valence-corrected chi connectivity index (χ3v) is 1.43. The Bertz CT molecular complexity index is 219. The van der Waals surface area contributed by atoms with Gasteiger partial charge in [-0.3, -0.25) is 4.52 Å². The molecule has 88 valence electrons. The van der Waals surface area contributed by atoms with Gasteiger partial charge in [0.15, 0.2) is 0 Å². The van der Waals surface area contributed by atoms with Crippen molar-refractivity contribution in [1.82, 2.24) is 5.32 Å². The normalized spacial score (nSPS) is 13.6. The van der Waals surface area contributed by atoms with Crippen molar-refractivity contribution >= 4 is 14.8 Å². The highest BCUT2D eigenvalue weighted by Crippen LogP contribution is 2.06. The van der Waals surface area contributed by atoms with E-state index in [0.29, 0.717) is 0 Å². The SMILES string of the molecule is CC(C)(C)OC(=O)NCC(F)COP=O. The van der Waals surface area contributed by atoms with E-state index in [9.17, 15) is 13.8 Å². The molecule has 0 radical (unpaired) electrons. The summed E-state index contributed by atoms with van der Waals surface area (Å²) in [5, 5.41) is 2.23. The van der Waals surface area contributed by atoms with Crippen LogP contribution in [0.15, 0.2) is 0 Å². The molecule has 0 saturated heterocycles. The molecular weight excluding hydrogens is 224 g/mol. The minimum absolute atomic E-state index is 0.232. The molecule has 0 fully saturated rings. The molecule has 0 aliphatic rings. The number of hydrogen-bond acceptors (Lipinski definition) is 4. The predicted molar refractivity (Wildman–Crippen MR) is 52.7 cm³/mol. The molecule has 0 saturated carbocycles.